The van der Waals surface area contributed by atoms with Crippen molar-refractivity contribution in [2.75, 3.05) is 19.6 Å². The lowest BCUT2D eigenvalue weighted by atomic mass is 9.91. The van der Waals surface area contributed by atoms with Crippen molar-refractivity contribution >= 4 is 0 Å². The van der Waals surface area contributed by atoms with E-state index in [1.54, 1.807) is 0 Å². The molecule has 2 aliphatic rings. The first kappa shape index (κ1) is 13.4. The third-order valence-electron chi connectivity index (χ3n) is 4.73. The van der Waals surface area contributed by atoms with Gasteiger partial charge in [0.25, 0.3) is 0 Å². The second-order valence-electron chi connectivity index (χ2n) is 6.91. The Morgan fingerprint density at radius 3 is 2.47 bits per heavy atom. The molecular formula is C15H30N2. The Hall–Kier alpha value is -0.0800. The van der Waals surface area contributed by atoms with Crippen molar-refractivity contribution in [2.24, 2.45) is 11.3 Å². The highest BCUT2D eigenvalue weighted by Gasteiger charge is 2.46. The molecule has 0 aromatic heterocycles. The molecule has 1 aliphatic heterocycles. The van der Waals surface area contributed by atoms with Gasteiger partial charge in [-0.25, -0.2) is 0 Å². The summed E-state index contributed by atoms with van der Waals surface area (Å²) in [6.07, 6.45) is 5.66. The van der Waals surface area contributed by atoms with Crippen molar-refractivity contribution in [3.63, 3.8) is 0 Å². The Bertz CT molecular complexity index is 243. The highest BCUT2D eigenvalue weighted by Crippen LogP contribution is 2.52. The van der Waals surface area contributed by atoms with Crippen LogP contribution in [0.1, 0.15) is 53.4 Å². The molecule has 0 amide bonds. The molecule has 2 heteroatoms. The summed E-state index contributed by atoms with van der Waals surface area (Å²) in [4.78, 5) is 2.72. The standard InChI is InChI=1S/C15H30N2/c1-12(2)15(7-8-15)11-17-9-5-6-14(10-17)16-13(3)4/h12-14,16H,5-11H2,1-4H3. The molecule has 17 heavy (non-hydrogen) atoms. The van der Waals surface area contributed by atoms with E-state index < -0.39 is 0 Å². The number of likely N-dealkylation sites (tertiary alicyclic amines) is 1. The minimum absolute atomic E-state index is 0.625. The minimum Gasteiger partial charge on any atom is -0.311 e. The van der Waals surface area contributed by atoms with Crippen LogP contribution >= 0.6 is 0 Å². The molecule has 0 radical (unpaired) electrons. The van der Waals surface area contributed by atoms with Crippen LogP contribution in [0, 0.1) is 11.3 Å². The molecule has 2 rings (SSSR count). The lowest BCUT2D eigenvalue weighted by Gasteiger charge is -2.37. The molecule has 1 saturated heterocycles. The molecule has 0 aromatic rings. The summed E-state index contributed by atoms with van der Waals surface area (Å²) in [5, 5.41) is 3.71. The van der Waals surface area contributed by atoms with E-state index in [-0.39, 0.29) is 0 Å². The predicted octanol–water partition coefficient (Wildman–Crippen LogP) is 2.89. The average Bonchev–Trinajstić information content (AvgIpc) is 2.98. The minimum atomic E-state index is 0.625. The lowest BCUT2D eigenvalue weighted by Crippen LogP contribution is -2.49. The van der Waals surface area contributed by atoms with Gasteiger partial charge >= 0.3 is 0 Å². The molecule has 100 valence electrons. The zero-order chi connectivity index (χ0) is 12.5. The molecule has 0 aromatic carbocycles. The third-order valence-corrected chi connectivity index (χ3v) is 4.73. The Labute approximate surface area is 107 Å². The van der Waals surface area contributed by atoms with Crippen LogP contribution in [-0.2, 0) is 0 Å². The Morgan fingerprint density at radius 2 is 1.94 bits per heavy atom. The highest BCUT2D eigenvalue weighted by molar-refractivity contribution is 4.98. The fraction of sp³-hybridized carbons (Fsp3) is 1.00. The van der Waals surface area contributed by atoms with E-state index in [0.29, 0.717) is 11.5 Å². The van der Waals surface area contributed by atoms with Gasteiger partial charge in [0.05, 0.1) is 0 Å². The Kier molecular flexibility index (Phi) is 4.14. The fourth-order valence-corrected chi connectivity index (χ4v) is 3.33. The number of hydrogen-bond donors (Lipinski definition) is 1. The normalized spacial score (nSPS) is 28.9. The summed E-state index contributed by atoms with van der Waals surface area (Å²) in [5.41, 5.74) is 0.680. The fourth-order valence-electron chi connectivity index (χ4n) is 3.33. The van der Waals surface area contributed by atoms with Crippen LogP contribution in [0.4, 0.5) is 0 Å². The summed E-state index contributed by atoms with van der Waals surface area (Å²) >= 11 is 0. The van der Waals surface area contributed by atoms with Gasteiger partial charge < -0.3 is 10.2 Å². The molecule has 0 spiro atoms. The van der Waals surface area contributed by atoms with Crippen LogP contribution in [-0.4, -0.2) is 36.6 Å². The first-order chi connectivity index (χ1) is 8.02. The van der Waals surface area contributed by atoms with Gasteiger partial charge in [-0.15, -0.1) is 0 Å². The van der Waals surface area contributed by atoms with Gasteiger partial charge in [0.2, 0.25) is 0 Å². The molecule has 1 unspecified atom stereocenters. The zero-order valence-electron chi connectivity index (χ0n) is 12.1. The number of nitrogens with zero attached hydrogens (tertiary/aromatic N) is 1. The van der Waals surface area contributed by atoms with Crippen LogP contribution in [0.5, 0.6) is 0 Å². The molecule has 1 atom stereocenters. The van der Waals surface area contributed by atoms with E-state index >= 15 is 0 Å². The van der Waals surface area contributed by atoms with E-state index in [9.17, 15) is 0 Å². The van der Waals surface area contributed by atoms with Crippen LogP contribution in [0.15, 0.2) is 0 Å². The van der Waals surface area contributed by atoms with Gasteiger partial charge in [0.15, 0.2) is 0 Å². The monoisotopic (exact) mass is 238 g/mol. The first-order valence-electron chi connectivity index (χ1n) is 7.50. The topological polar surface area (TPSA) is 15.3 Å². The summed E-state index contributed by atoms with van der Waals surface area (Å²) in [6, 6.07) is 1.35. The van der Waals surface area contributed by atoms with Crippen LogP contribution in [0.2, 0.25) is 0 Å². The van der Waals surface area contributed by atoms with Crippen molar-refractivity contribution in [1.82, 2.24) is 10.2 Å². The largest absolute Gasteiger partial charge is 0.311 e. The summed E-state index contributed by atoms with van der Waals surface area (Å²) in [7, 11) is 0. The second-order valence-corrected chi connectivity index (χ2v) is 6.91. The van der Waals surface area contributed by atoms with Gasteiger partial charge in [0, 0.05) is 25.2 Å². The van der Waals surface area contributed by atoms with E-state index in [1.165, 1.54) is 45.3 Å². The number of rotatable bonds is 5. The number of hydrogen-bond acceptors (Lipinski definition) is 2. The maximum absolute atomic E-state index is 3.71. The van der Waals surface area contributed by atoms with Gasteiger partial charge in [-0.3, -0.25) is 0 Å². The molecule has 1 saturated carbocycles. The van der Waals surface area contributed by atoms with Crippen molar-refractivity contribution < 1.29 is 0 Å². The van der Waals surface area contributed by atoms with E-state index in [2.05, 4.69) is 37.9 Å². The van der Waals surface area contributed by atoms with Crippen molar-refractivity contribution in [3.8, 4) is 0 Å². The SMILES string of the molecule is CC(C)NC1CCCN(CC2(C(C)C)CC2)C1. The average molecular weight is 238 g/mol. The third kappa shape index (κ3) is 3.45. The van der Waals surface area contributed by atoms with Crippen LogP contribution in [0.25, 0.3) is 0 Å². The highest BCUT2D eigenvalue weighted by atomic mass is 15.2. The number of piperidine rings is 1. The second kappa shape index (κ2) is 5.27. The van der Waals surface area contributed by atoms with E-state index in [4.69, 9.17) is 0 Å². The van der Waals surface area contributed by atoms with E-state index in [1.807, 2.05) is 0 Å². The van der Waals surface area contributed by atoms with Crippen molar-refractivity contribution in [1.29, 1.82) is 0 Å². The smallest absolute Gasteiger partial charge is 0.0197 e. The van der Waals surface area contributed by atoms with Gasteiger partial charge in [-0.05, 0) is 43.6 Å². The summed E-state index contributed by atoms with van der Waals surface area (Å²) in [6.45, 7) is 13.3. The Morgan fingerprint density at radius 1 is 1.24 bits per heavy atom. The van der Waals surface area contributed by atoms with Crippen molar-refractivity contribution in [2.45, 2.75) is 65.5 Å². The lowest BCUT2D eigenvalue weighted by molar-refractivity contribution is 0.136. The molecule has 1 heterocycles. The Balaban J connectivity index is 1.81. The molecule has 0 bridgehead atoms. The zero-order valence-corrected chi connectivity index (χ0v) is 12.1. The van der Waals surface area contributed by atoms with Gasteiger partial charge in [-0.1, -0.05) is 27.7 Å². The molecule has 2 fully saturated rings. The van der Waals surface area contributed by atoms with Crippen molar-refractivity contribution in [3.05, 3.63) is 0 Å². The maximum atomic E-state index is 3.71. The first-order valence-corrected chi connectivity index (χ1v) is 7.50. The summed E-state index contributed by atoms with van der Waals surface area (Å²) in [5.74, 6) is 0.862. The van der Waals surface area contributed by atoms with Gasteiger partial charge in [-0.2, -0.15) is 0 Å². The predicted molar refractivity (Wildman–Crippen MR) is 74.2 cm³/mol. The molecular weight excluding hydrogens is 208 g/mol. The molecule has 2 nitrogen and oxygen atoms in total. The summed E-state index contributed by atoms with van der Waals surface area (Å²) < 4.78 is 0. The quantitative estimate of drug-likeness (QED) is 0.792. The van der Waals surface area contributed by atoms with Crippen LogP contribution in [0.3, 0.4) is 0 Å². The molecule has 1 N–H and O–H groups in total. The maximum Gasteiger partial charge on any atom is 0.0197 e. The van der Waals surface area contributed by atoms with Crippen LogP contribution < -0.4 is 5.32 Å². The molecule has 1 aliphatic carbocycles. The number of nitrogens with one attached hydrogen (secondary N) is 1. The van der Waals surface area contributed by atoms with Gasteiger partial charge in [0.1, 0.15) is 0 Å². The van der Waals surface area contributed by atoms with E-state index in [0.717, 1.165) is 12.0 Å².